The Morgan fingerprint density at radius 1 is 0.341 bits per heavy atom. The lowest BCUT2D eigenvalue weighted by atomic mass is 9.84. The molecule has 0 bridgehead atoms. The maximum absolute atomic E-state index is 8.52. The van der Waals surface area contributed by atoms with Gasteiger partial charge in [-0.2, -0.15) is 0 Å². The minimum atomic E-state index is -0.500. The van der Waals surface area contributed by atoms with E-state index in [0.717, 1.165) is 0 Å². The maximum Gasteiger partial charge on any atom is 0.0563 e. The number of aliphatic hydroxyl groups is 1. The zero-order valence-corrected chi connectivity index (χ0v) is 26.3. The van der Waals surface area contributed by atoms with Gasteiger partial charge in [0.1, 0.15) is 0 Å². The predicted octanol–water partition coefficient (Wildman–Crippen LogP) is 11.4. The van der Waals surface area contributed by atoms with Crippen LogP contribution in [0.4, 0.5) is 0 Å². The van der Waals surface area contributed by atoms with E-state index in [1.807, 2.05) is 0 Å². The van der Waals surface area contributed by atoms with Crippen LogP contribution in [0.25, 0.3) is 43.1 Å². The second-order valence-corrected chi connectivity index (χ2v) is 14.2. The number of rotatable bonds is 0. The molecule has 1 N–H and O–H groups in total. The van der Waals surface area contributed by atoms with E-state index in [1.54, 1.807) is 20.8 Å². The summed E-state index contributed by atoms with van der Waals surface area (Å²) in [6.07, 6.45) is 0. The first-order valence-electron chi connectivity index (χ1n) is 14.7. The third-order valence-corrected chi connectivity index (χ3v) is 7.14. The summed E-state index contributed by atoms with van der Waals surface area (Å²) in [6.45, 7) is 18.8. The van der Waals surface area contributed by atoms with Crippen molar-refractivity contribution in [3.63, 3.8) is 0 Å². The normalized spacial score (nSPS) is 12.1. The summed E-state index contributed by atoms with van der Waals surface area (Å²) in [5.41, 5.74) is 2.68. The second-order valence-electron chi connectivity index (χ2n) is 14.2. The van der Waals surface area contributed by atoms with Gasteiger partial charge in [0.05, 0.1) is 5.60 Å². The molecule has 212 valence electrons. The lowest BCUT2D eigenvalue weighted by Crippen LogP contribution is -2.11. The molecule has 6 aromatic carbocycles. The molecule has 0 saturated carbocycles. The molecule has 0 unspecified atom stereocenters. The molecular formula is C40H46O. The van der Waals surface area contributed by atoms with Gasteiger partial charge in [-0.25, -0.2) is 0 Å². The van der Waals surface area contributed by atoms with Gasteiger partial charge in [0.15, 0.2) is 0 Å². The molecule has 0 aliphatic rings. The number of hydrogen-bond acceptors (Lipinski definition) is 1. The van der Waals surface area contributed by atoms with Crippen LogP contribution in [0, 0.1) is 0 Å². The molecule has 0 fully saturated rings. The van der Waals surface area contributed by atoms with Crippen molar-refractivity contribution in [1.82, 2.24) is 0 Å². The minimum Gasteiger partial charge on any atom is -0.391 e. The van der Waals surface area contributed by atoms with Gasteiger partial charge >= 0.3 is 0 Å². The highest BCUT2D eigenvalue weighted by molar-refractivity contribution is 5.99. The molecule has 1 nitrogen and oxygen atoms in total. The molecule has 0 amide bonds. The van der Waals surface area contributed by atoms with Crippen LogP contribution in [0.1, 0.15) is 73.4 Å². The summed E-state index contributed by atoms with van der Waals surface area (Å²) in [7, 11) is 0. The molecule has 0 saturated heterocycles. The average molecular weight is 543 g/mol. The lowest BCUT2D eigenvalue weighted by Gasteiger charge is -2.21. The fourth-order valence-electron chi connectivity index (χ4n) is 4.81. The summed E-state index contributed by atoms with van der Waals surface area (Å²) < 4.78 is 0. The van der Waals surface area contributed by atoms with Crippen LogP contribution in [0.15, 0.2) is 109 Å². The van der Waals surface area contributed by atoms with Crippen LogP contribution in [0.5, 0.6) is 0 Å². The van der Waals surface area contributed by atoms with E-state index in [9.17, 15) is 0 Å². The highest BCUT2D eigenvalue weighted by Crippen LogP contribution is 2.31. The van der Waals surface area contributed by atoms with Crippen LogP contribution in [0.3, 0.4) is 0 Å². The Morgan fingerprint density at radius 2 is 0.585 bits per heavy atom. The van der Waals surface area contributed by atoms with Crippen molar-refractivity contribution in [3.05, 3.63) is 120 Å². The zero-order chi connectivity index (χ0) is 30.0. The van der Waals surface area contributed by atoms with Crippen molar-refractivity contribution in [2.75, 3.05) is 0 Å². The highest BCUT2D eigenvalue weighted by atomic mass is 16.3. The first-order valence-corrected chi connectivity index (χ1v) is 14.7. The van der Waals surface area contributed by atoms with E-state index in [2.05, 4.69) is 151 Å². The van der Waals surface area contributed by atoms with E-state index < -0.39 is 5.60 Å². The second kappa shape index (κ2) is 11.7. The van der Waals surface area contributed by atoms with Crippen molar-refractivity contribution in [2.24, 2.45) is 0 Å². The highest BCUT2D eigenvalue weighted by Gasteiger charge is 2.15. The van der Waals surface area contributed by atoms with Crippen molar-refractivity contribution >= 4 is 43.1 Å². The van der Waals surface area contributed by atoms with Crippen molar-refractivity contribution in [1.29, 1.82) is 0 Å². The SMILES string of the molecule is CC(C)(C)O.CC(C)(C)c1ccc2cc3cc(C(C)(C)C)ccc3cc2c1.c1ccc2cc3ccccc3cc2c1. The van der Waals surface area contributed by atoms with Crippen molar-refractivity contribution in [3.8, 4) is 0 Å². The molecule has 1 heteroatoms. The molecule has 6 aromatic rings. The number of fused-ring (bicyclic) bond motifs is 4. The first-order chi connectivity index (χ1) is 19.1. The van der Waals surface area contributed by atoms with E-state index in [0.29, 0.717) is 0 Å². The number of hydrogen-bond donors (Lipinski definition) is 1. The Labute approximate surface area is 246 Å². The molecule has 0 spiro atoms. The molecule has 0 aliphatic carbocycles. The quantitative estimate of drug-likeness (QED) is 0.189. The van der Waals surface area contributed by atoms with E-state index in [-0.39, 0.29) is 10.8 Å². The standard InChI is InChI=1S/C22H26.C14H10.C4H10O/c1-21(2,3)19-9-7-15-12-18-14-20(22(4,5)6)10-8-16(18)11-17(15)13-19;1-2-6-12-10-14-8-4-3-7-13(14)9-11(12)5-1;1-4(2,3)5/h7-14H,1-6H3;1-10H;5H,1-3H3. The van der Waals surface area contributed by atoms with Gasteiger partial charge < -0.3 is 5.11 Å². The topological polar surface area (TPSA) is 20.2 Å². The molecule has 0 radical (unpaired) electrons. The smallest absolute Gasteiger partial charge is 0.0563 e. The molecular weight excluding hydrogens is 496 g/mol. The molecule has 0 atom stereocenters. The fraction of sp³-hybridized carbons (Fsp3) is 0.300. The molecule has 41 heavy (non-hydrogen) atoms. The van der Waals surface area contributed by atoms with Gasteiger partial charge in [0.25, 0.3) is 0 Å². The summed E-state index contributed by atoms with van der Waals surface area (Å²) in [4.78, 5) is 0. The Hall–Kier alpha value is -3.68. The van der Waals surface area contributed by atoms with Gasteiger partial charge in [-0.1, -0.05) is 126 Å². The van der Waals surface area contributed by atoms with Gasteiger partial charge in [-0.15, -0.1) is 0 Å². The van der Waals surface area contributed by atoms with E-state index in [1.165, 1.54) is 54.2 Å². The monoisotopic (exact) mass is 542 g/mol. The van der Waals surface area contributed by atoms with E-state index in [4.69, 9.17) is 5.11 Å². The summed E-state index contributed by atoms with van der Waals surface area (Å²) in [5.74, 6) is 0. The molecule has 0 aromatic heterocycles. The largest absolute Gasteiger partial charge is 0.391 e. The molecule has 0 heterocycles. The Kier molecular flexibility index (Phi) is 8.62. The Balaban J connectivity index is 0.000000173. The van der Waals surface area contributed by atoms with Gasteiger partial charge in [-0.05, 0) is 110 Å². The van der Waals surface area contributed by atoms with Crippen LogP contribution < -0.4 is 0 Å². The minimum absolute atomic E-state index is 0.194. The van der Waals surface area contributed by atoms with Crippen LogP contribution >= 0.6 is 0 Å². The Morgan fingerprint density at radius 3 is 0.854 bits per heavy atom. The molecule has 0 aliphatic heterocycles. The predicted molar refractivity (Wildman–Crippen MR) is 182 cm³/mol. The van der Waals surface area contributed by atoms with Crippen LogP contribution in [-0.4, -0.2) is 10.7 Å². The van der Waals surface area contributed by atoms with Crippen LogP contribution in [0.2, 0.25) is 0 Å². The zero-order valence-electron chi connectivity index (χ0n) is 26.3. The van der Waals surface area contributed by atoms with Crippen LogP contribution in [-0.2, 0) is 10.8 Å². The van der Waals surface area contributed by atoms with Gasteiger partial charge in [0, 0.05) is 0 Å². The molecule has 6 rings (SSSR count). The van der Waals surface area contributed by atoms with Gasteiger partial charge in [0.2, 0.25) is 0 Å². The third kappa shape index (κ3) is 8.18. The van der Waals surface area contributed by atoms with E-state index >= 15 is 0 Å². The first kappa shape index (κ1) is 30.3. The summed E-state index contributed by atoms with van der Waals surface area (Å²) >= 11 is 0. The van der Waals surface area contributed by atoms with Crippen molar-refractivity contribution in [2.45, 2.75) is 78.7 Å². The summed E-state index contributed by atoms with van der Waals surface area (Å²) in [6, 6.07) is 39.8. The maximum atomic E-state index is 8.52. The van der Waals surface area contributed by atoms with Gasteiger partial charge in [-0.3, -0.25) is 0 Å². The number of benzene rings is 6. The summed E-state index contributed by atoms with van der Waals surface area (Å²) in [5, 5.41) is 19.1. The average Bonchev–Trinajstić information content (AvgIpc) is 2.88. The van der Waals surface area contributed by atoms with Crippen molar-refractivity contribution < 1.29 is 5.11 Å². The Bertz CT molecular complexity index is 1600. The lowest BCUT2D eigenvalue weighted by molar-refractivity contribution is 0.102. The third-order valence-electron chi connectivity index (χ3n) is 7.14. The fourth-order valence-corrected chi connectivity index (χ4v) is 4.81.